The fourth-order valence-corrected chi connectivity index (χ4v) is 3.57. The van der Waals surface area contributed by atoms with Crippen LogP contribution in [-0.2, 0) is 9.63 Å². The third kappa shape index (κ3) is 5.42. The van der Waals surface area contributed by atoms with Crippen molar-refractivity contribution < 1.29 is 19.5 Å². The summed E-state index contributed by atoms with van der Waals surface area (Å²) in [5.41, 5.74) is 3.61. The highest BCUT2D eigenvalue weighted by molar-refractivity contribution is 5.76. The molecule has 6 nitrogen and oxygen atoms in total. The maximum atomic E-state index is 11.6. The van der Waals surface area contributed by atoms with Crippen molar-refractivity contribution in [2.24, 2.45) is 5.92 Å². The van der Waals surface area contributed by atoms with Gasteiger partial charge in [0.1, 0.15) is 5.75 Å². The molecule has 25 heavy (non-hydrogen) atoms. The van der Waals surface area contributed by atoms with Crippen molar-refractivity contribution >= 4 is 5.97 Å². The van der Waals surface area contributed by atoms with Crippen LogP contribution in [-0.4, -0.2) is 43.4 Å². The number of hydroxylamine groups is 1. The van der Waals surface area contributed by atoms with E-state index >= 15 is 0 Å². The van der Waals surface area contributed by atoms with E-state index in [0.717, 1.165) is 49.7 Å². The molecule has 0 amide bonds. The molecule has 1 aromatic carbocycles. The lowest BCUT2D eigenvalue weighted by Gasteiger charge is -2.22. The van der Waals surface area contributed by atoms with Crippen LogP contribution in [0, 0.1) is 5.92 Å². The van der Waals surface area contributed by atoms with Gasteiger partial charge in [-0.1, -0.05) is 12.1 Å². The smallest absolute Gasteiger partial charge is 0.311 e. The van der Waals surface area contributed by atoms with Crippen LogP contribution in [0.3, 0.4) is 0 Å². The Morgan fingerprint density at radius 3 is 2.60 bits per heavy atom. The summed E-state index contributed by atoms with van der Waals surface area (Å²) >= 11 is 0. The van der Waals surface area contributed by atoms with Gasteiger partial charge in [0.2, 0.25) is 0 Å². The Hall–Kier alpha value is -1.63. The number of nitrogens with one attached hydrogen (secondary N) is 2. The Bertz CT molecular complexity index is 537. The third-order valence-electron chi connectivity index (χ3n) is 5.15. The molecule has 2 atom stereocenters. The van der Waals surface area contributed by atoms with Crippen LogP contribution in [0.1, 0.15) is 43.6 Å². The molecule has 1 aromatic rings. The predicted molar refractivity (Wildman–Crippen MR) is 94.6 cm³/mol. The molecule has 2 aliphatic heterocycles. The average molecular weight is 348 g/mol. The zero-order chi connectivity index (χ0) is 17.5. The Morgan fingerprint density at radius 1 is 1.20 bits per heavy atom. The summed E-state index contributed by atoms with van der Waals surface area (Å²) in [6.45, 7) is 3.71. The lowest BCUT2D eigenvalue weighted by atomic mass is 9.92. The number of carboxylic acids is 1. The van der Waals surface area contributed by atoms with Crippen molar-refractivity contribution in [2.45, 2.75) is 44.1 Å². The number of rotatable bonds is 8. The normalized spacial score (nSPS) is 22.6. The molecule has 3 rings (SSSR count). The summed E-state index contributed by atoms with van der Waals surface area (Å²) in [6.07, 6.45) is 4.82. The van der Waals surface area contributed by atoms with E-state index in [1.54, 1.807) is 0 Å². The lowest BCUT2D eigenvalue weighted by molar-refractivity contribution is -0.139. The van der Waals surface area contributed by atoms with Gasteiger partial charge in [-0.05, 0) is 68.8 Å². The van der Waals surface area contributed by atoms with E-state index in [1.807, 2.05) is 24.3 Å². The van der Waals surface area contributed by atoms with Crippen LogP contribution >= 0.6 is 0 Å². The first-order valence-electron chi connectivity index (χ1n) is 9.27. The number of carboxylic acid groups (broad SMARTS) is 1. The van der Waals surface area contributed by atoms with Gasteiger partial charge in [-0.3, -0.25) is 9.63 Å². The van der Waals surface area contributed by atoms with Gasteiger partial charge in [-0.2, -0.15) is 0 Å². The molecule has 3 N–H and O–H groups in total. The van der Waals surface area contributed by atoms with Crippen LogP contribution < -0.4 is 15.5 Å². The Balaban J connectivity index is 1.49. The van der Waals surface area contributed by atoms with Gasteiger partial charge >= 0.3 is 5.97 Å². The zero-order valence-electron chi connectivity index (χ0n) is 14.6. The second-order valence-electron chi connectivity index (χ2n) is 6.95. The molecule has 0 aromatic heterocycles. The minimum atomic E-state index is -0.810. The molecule has 2 aliphatic rings. The summed E-state index contributed by atoms with van der Waals surface area (Å²) in [4.78, 5) is 17.0. The van der Waals surface area contributed by atoms with Gasteiger partial charge in [0, 0.05) is 6.54 Å². The minimum absolute atomic E-state index is 0.0398. The predicted octanol–water partition coefficient (Wildman–Crippen LogP) is 2.31. The molecule has 6 heteroatoms. The van der Waals surface area contributed by atoms with Crippen LogP contribution in [0.15, 0.2) is 24.3 Å². The fourth-order valence-electron chi connectivity index (χ4n) is 3.57. The van der Waals surface area contributed by atoms with Gasteiger partial charge in [0.15, 0.2) is 0 Å². The summed E-state index contributed by atoms with van der Waals surface area (Å²) < 4.78 is 5.83. The zero-order valence-corrected chi connectivity index (χ0v) is 14.6. The molecule has 2 saturated heterocycles. The number of aliphatic carboxylic acids is 1. The van der Waals surface area contributed by atoms with Crippen molar-refractivity contribution in [3.8, 4) is 5.75 Å². The molecular weight excluding hydrogens is 320 g/mol. The maximum Gasteiger partial charge on any atom is 0.311 e. The van der Waals surface area contributed by atoms with Gasteiger partial charge in [0.05, 0.1) is 18.6 Å². The number of piperidine rings is 1. The monoisotopic (exact) mass is 348 g/mol. The number of hydrogen-bond donors (Lipinski definition) is 3. The topological polar surface area (TPSA) is 79.8 Å². The summed E-state index contributed by atoms with van der Waals surface area (Å²) in [5, 5.41) is 12.9. The van der Waals surface area contributed by atoms with E-state index < -0.39 is 11.9 Å². The van der Waals surface area contributed by atoms with Gasteiger partial charge in [-0.25, -0.2) is 5.48 Å². The summed E-state index contributed by atoms with van der Waals surface area (Å²) in [6, 6.07) is 7.48. The Labute approximate surface area is 148 Å². The van der Waals surface area contributed by atoms with Crippen LogP contribution in [0.25, 0.3) is 0 Å². The fraction of sp³-hybridized carbons (Fsp3) is 0.632. The minimum Gasteiger partial charge on any atom is -0.494 e. The van der Waals surface area contributed by atoms with Crippen molar-refractivity contribution in [3.63, 3.8) is 0 Å². The van der Waals surface area contributed by atoms with E-state index in [2.05, 4.69) is 10.8 Å². The second kappa shape index (κ2) is 9.17. The largest absolute Gasteiger partial charge is 0.494 e. The number of ether oxygens (including phenoxy) is 1. The molecule has 2 unspecified atom stereocenters. The SMILES string of the molecule is O=C(O)C(CC1CCNO1)c1ccc(OCCC2CCNCC2)cc1. The molecular formula is C19H28N2O4. The van der Waals surface area contributed by atoms with Gasteiger partial charge < -0.3 is 15.2 Å². The molecule has 0 saturated carbocycles. The van der Waals surface area contributed by atoms with Crippen LogP contribution in [0.5, 0.6) is 5.75 Å². The van der Waals surface area contributed by atoms with Crippen LogP contribution in [0.4, 0.5) is 0 Å². The van der Waals surface area contributed by atoms with Crippen molar-refractivity contribution in [1.82, 2.24) is 10.8 Å². The maximum absolute atomic E-state index is 11.6. The standard InChI is InChI=1S/C19H28N2O4/c22-19(23)18(13-17-7-11-21-25-17)15-1-3-16(4-2-15)24-12-8-14-5-9-20-10-6-14/h1-4,14,17-18,20-21H,5-13H2,(H,22,23). The number of hydrogen-bond acceptors (Lipinski definition) is 5. The molecule has 0 bridgehead atoms. The van der Waals surface area contributed by atoms with Gasteiger partial charge in [0.25, 0.3) is 0 Å². The van der Waals surface area contributed by atoms with Crippen molar-refractivity contribution in [1.29, 1.82) is 0 Å². The lowest BCUT2D eigenvalue weighted by Crippen LogP contribution is -2.28. The van der Waals surface area contributed by atoms with E-state index in [9.17, 15) is 9.90 Å². The van der Waals surface area contributed by atoms with E-state index in [4.69, 9.17) is 9.57 Å². The molecule has 2 fully saturated rings. The summed E-state index contributed by atoms with van der Waals surface area (Å²) in [5.74, 6) is 0.196. The molecule has 0 spiro atoms. The third-order valence-corrected chi connectivity index (χ3v) is 5.15. The Morgan fingerprint density at radius 2 is 1.96 bits per heavy atom. The molecule has 0 radical (unpaired) electrons. The molecule has 0 aliphatic carbocycles. The number of benzene rings is 1. The second-order valence-corrected chi connectivity index (χ2v) is 6.95. The van der Waals surface area contributed by atoms with E-state index in [-0.39, 0.29) is 6.10 Å². The highest BCUT2D eigenvalue weighted by Crippen LogP contribution is 2.27. The molecule has 138 valence electrons. The molecule has 2 heterocycles. The van der Waals surface area contributed by atoms with E-state index in [1.165, 1.54) is 12.8 Å². The first kappa shape index (κ1) is 18.2. The average Bonchev–Trinajstić information content (AvgIpc) is 3.14. The first-order valence-corrected chi connectivity index (χ1v) is 9.27. The quantitative estimate of drug-likeness (QED) is 0.669. The Kier molecular flexibility index (Phi) is 6.67. The number of carbonyl (C=O) groups is 1. The van der Waals surface area contributed by atoms with Gasteiger partial charge in [-0.15, -0.1) is 0 Å². The highest BCUT2D eigenvalue weighted by atomic mass is 16.7. The highest BCUT2D eigenvalue weighted by Gasteiger charge is 2.27. The van der Waals surface area contributed by atoms with Crippen LogP contribution in [0.2, 0.25) is 0 Å². The van der Waals surface area contributed by atoms with Crippen molar-refractivity contribution in [3.05, 3.63) is 29.8 Å². The summed E-state index contributed by atoms with van der Waals surface area (Å²) in [7, 11) is 0. The first-order chi connectivity index (χ1) is 12.2. The van der Waals surface area contributed by atoms with Crippen molar-refractivity contribution in [2.75, 3.05) is 26.2 Å². The van der Waals surface area contributed by atoms with E-state index in [0.29, 0.717) is 13.0 Å².